The van der Waals surface area contributed by atoms with Gasteiger partial charge in [-0.05, 0) is 44.4 Å². The molecule has 1 fully saturated rings. The summed E-state index contributed by atoms with van der Waals surface area (Å²) < 4.78 is 7.53. The molecule has 2 aromatic carbocycles. The van der Waals surface area contributed by atoms with Crippen LogP contribution in [0.15, 0.2) is 59.4 Å². The van der Waals surface area contributed by atoms with E-state index in [1.165, 1.54) is 13.8 Å². The fourth-order valence-corrected chi connectivity index (χ4v) is 4.71. The molecule has 3 amide bonds. The number of H-pyrrole nitrogens is 1. The summed E-state index contributed by atoms with van der Waals surface area (Å²) in [4.78, 5) is 54.7. The van der Waals surface area contributed by atoms with Crippen molar-refractivity contribution in [2.75, 3.05) is 19.7 Å². The third-order valence-electron chi connectivity index (χ3n) is 6.75. The lowest BCUT2D eigenvalue weighted by Crippen LogP contribution is -2.60. The molecule has 0 saturated carbocycles. The van der Waals surface area contributed by atoms with E-state index in [1.54, 1.807) is 9.47 Å². The lowest BCUT2D eigenvalue weighted by molar-refractivity contribution is -0.140. The molecule has 4 rings (SSSR count). The molecule has 0 aliphatic carbocycles. The number of carbonyl (C=O) groups excluding carboxylic acids is 2. The number of aromatic nitrogens is 2. The van der Waals surface area contributed by atoms with E-state index in [9.17, 15) is 19.2 Å². The number of ether oxygens (including phenoxy) is 1. The number of para-hydroxylation sites is 2. The molecule has 11 heteroatoms. The van der Waals surface area contributed by atoms with Gasteiger partial charge in [-0.25, -0.2) is 9.59 Å². The van der Waals surface area contributed by atoms with Crippen LogP contribution in [0, 0.1) is 0 Å². The van der Waals surface area contributed by atoms with Crippen LogP contribution in [0.5, 0.6) is 0 Å². The number of benzene rings is 2. The Kier molecular flexibility index (Phi) is 8.16. The van der Waals surface area contributed by atoms with Gasteiger partial charge in [-0.15, -0.1) is 0 Å². The van der Waals surface area contributed by atoms with E-state index >= 15 is 0 Å². The highest BCUT2D eigenvalue weighted by atomic mass is 16.5. The minimum Gasteiger partial charge on any atom is -0.465 e. The third-order valence-corrected chi connectivity index (χ3v) is 6.75. The lowest BCUT2D eigenvalue weighted by atomic mass is 10.0. The van der Waals surface area contributed by atoms with Gasteiger partial charge in [0.25, 0.3) is 0 Å². The van der Waals surface area contributed by atoms with E-state index < -0.39 is 23.6 Å². The number of imidazole rings is 1. The molecule has 1 aliphatic heterocycles. The summed E-state index contributed by atoms with van der Waals surface area (Å²) >= 11 is 0. The van der Waals surface area contributed by atoms with Gasteiger partial charge in [0.05, 0.1) is 24.2 Å². The van der Waals surface area contributed by atoms with Crippen LogP contribution in [0.25, 0.3) is 11.0 Å². The van der Waals surface area contributed by atoms with Crippen molar-refractivity contribution >= 4 is 28.9 Å². The number of rotatable bonds is 9. The average Bonchev–Trinajstić information content (AvgIpc) is 3.23. The first-order valence-corrected chi connectivity index (χ1v) is 12.6. The molecule has 4 N–H and O–H groups in total. The molecule has 38 heavy (non-hydrogen) atoms. The minimum absolute atomic E-state index is 0.0660. The predicted molar refractivity (Wildman–Crippen MR) is 141 cm³/mol. The summed E-state index contributed by atoms with van der Waals surface area (Å²) in [6.07, 6.45) is -0.195. The number of hydrogen-bond acceptors (Lipinski definition) is 5. The first kappa shape index (κ1) is 26.9. The van der Waals surface area contributed by atoms with Crippen molar-refractivity contribution in [3.63, 3.8) is 0 Å². The van der Waals surface area contributed by atoms with Crippen molar-refractivity contribution in [2.45, 2.75) is 50.9 Å². The number of nitrogens with one attached hydrogen (secondary N) is 3. The van der Waals surface area contributed by atoms with Gasteiger partial charge < -0.3 is 30.4 Å². The first-order chi connectivity index (χ1) is 18.2. The summed E-state index contributed by atoms with van der Waals surface area (Å²) in [5.74, 6) is -0.955. The van der Waals surface area contributed by atoms with Crippen molar-refractivity contribution in [1.82, 2.24) is 25.1 Å². The van der Waals surface area contributed by atoms with Crippen molar-refractivity contribution in [3.05, 3.63) is 70.6 Å². The van der Waals surface area contributed by atoms with Crippen LogP contribution < -0.4 is 16.3 Å². The summed E-state index contributed by atoms with van der Waals surface area (Å²) in [6, 6.07) is 15.9. The normalized spacial score (nSPS) is 15.3. The second-order valence-corrected chi connectivity index (χ2v) is 9.96. The fourth-order valence-electron chi connectivity index (χ4n) is 4.71. The van der Waals surface area contributed by atoms with E-state index in [-0.39, 0.29) is 30.9 Å². The van der Waals surface area contributed by atoms with Crippen LogP contribution in [0.3, 0.4) is 0 Å². The third kappa shape index (κ3) is 6.23. The van der Waals surface area contributed by atoms with Gasteiger partial charge in [0.1, 0.15) is 11.6 Å². The molecule has 202 valence electrons. The number of carbonyl (C=O) groups is 3. The van der Waals surface area contributed by atoms with Crippen molar-refractivity contribution < 1.29 is 24.2 Å². The predicted octanol–water partition coefficient (Wildman–Crippen LogP) is 2.24. The topological polar surface area (TPSA) is 146 Å². The van der Waals surface area contributed by atoms with Gasteiger partial charge in [-0.2, -0.15) is 0 Å². The highest BCUT2D eigenvalue weighted by Gasteiger charge is 2.35. The van der Waals surface area contributed by atoms with E-state index in [0.29, 0.717) is 25.9 Å². The zero-order valence-corrected chi connectivity index (χ0v) is 21.5. The van der Waals surface area contributed by atoms with Gasteiger partial charge in [0.15, 0.2) is 0 Å². The van der Waals surface area contributed by atoms with E-state index in [2.05, 4.69) is 15.6 Å². The zero-order valence-electron chi connectivity index (χ0n) is 21.5. The number of likely N-dealkylation sites (tertiary alicyclic amines) is 1. The van der Waals surface area contributed by atoms with Crippen LogP contribution in [0.2, 0.25) is 0 Å². The molecule has 1 unspecified atom stereocenters. The molecular formula is C27H33N5O6. The SMILES string of the molecule is CC(C)(NC(=O)O)C(=O)NC(COCc1ccccc1)C(=O)N1CCC(n2c(=O)[nH]c3ccccc32)CC1. The Balaban J connectivity index is 1.44. The number of nitrogens with zero attached hydrogens (tertiary/aromatic N) is 2. The number of fused-ring (bicyclic) bond motifs is 1. The van der Waals surface area contributed by atoms with Gasteiger partial charge in [0.2, 0.25) is 11.8 Å². The number of piperidine rings is 1. The van der Waals surface area contributed by atoms with Gasteiger partial charge in [-0.1, -0.05) is 42.5 Å². The van der Waals surface area contributed by atoms with Gasteiger partial charge in [-0.3, -0.25) is 14.2 Å². The smallest absolute Gasteiger partial charge is 0.405 e. The number of carboxylic acid groups (broad SMARTS) is 1. The van der Waals surface area contributed by atoms with Crippen LogP contribution in [0.4, 0.5) is 4.79 Å². The molecule has 3 aromatic rings. The van der Waals surface area contributed by atoms with Gasteiger partial charge in [0, 0.05) is 19.1 Å². The second-order valence-electron chi connectivity index (χ2n) is 9.96. The van der Waals surface area contributed by atoms with Crippen molar-refractivity contribution in [3.8, 4) is 0 Å². The van der Waals surface area contributed by atoms with E-state index in [4.69, 9.17) is 9.84 Å². The van der Waals surface area contributed by atoms with Crippen LogP contribution in [-0.4, -0.2) is 68.7 Å². The monoisotopic (exact) mass is 523 g/mol. The maximum Gasteiger partial charge on any atom is 0.405 e. The molecular weight excluding hydrogens is 490 g/mol. The number of hydrogen-bond donors (Lipinski definition) is 4. The minimum atomic E-state index is -1.45. The van der Waals surface area contributed by atoms with Crippen LogP contribution in [0.1, 0.15) is 38.3 Å². The second kappa shape index (κ2) is 11.5. The number of amides is 3. The van der Waals surface area contributed by atoms with Crippen LogP contribution in [-0.2, 0) is 20.9 Å². The molecule has 0 spiro atoms. The zero-order chi connectivity index (χ0) is 27.3. The molecule has 1 saturated heterocycles. The maximum atomic E-state index is 13.5. The summed E-state index contributed by atoms with van der Waals surface area (Å²) in [7, 11) is 0. The highest BCUT2D eigenvalue weighted by molar-refractivity contribution is 5.93. The molecule has 0 bridgehead atoms. The lowest BCUT2D eigenvalue weighted by Gasteiger charge is -2.35. The molecule has 2 heterocycles. The maximum absolute atomic E-state index is 13.5. The Hall–Kier alpha value is -4.12. The molecule has 1 aromatic heterocycles. The van der Waals surface area contributed by atoms with Crippen molar-refractivity contribution in [2.24, 2.45) is 0 Å². The van der Waals surface area contributed by atoms with Gasteiger partial charge >= 0.3 is 11.8 Å². The van der Waals surface area contributed by atoms with Crippen LogP contribution >= 0.6 is 0 Å². The van der Waals surface area contributed by atoms with E-state index in [1.807, 2.05) is 54.6 Å². The average molecular weight is 524 g/mol. The first-order valence-electron chi connectivity index (χ1n) is 12.6. The summed E-state index contributed by atoms with van der Waals surface area (Å²) in [6.45, 7) is 3.82. The molecule has 1 aliphatic rings. The largest absolute Gasteiger partial charge is 0.465 e. The molecule has 0 radical (unpaired) electrons. The Labute approximate surface area is 219 Å². The quantitative estimate of drug-likeness (QED) is 0.338. The summed E-state index contributed by atoms with van der Waals surface area (Å²) in [5.41, 5.74) is 0.890. The highest BCUT2D eigenvalue weighted by Crippen LogP contribution is 2.25. The van der Waals surface area contributed by atoms with Crippen molar-refractivity contribution in [1.29, 1.82) is 0 Å². The van der Waals surface area contributed by atoms with E-state index in [0.717, 1.165) is 16.6 Å². The Morgan fingerprint density at radius 1 is 1.08 bits per heavy atom. The Morgan fingerprint density at radius 2 is 1.74 bits per heavy atom. The Bertz CT molecular complexity index is 1340. The Morgan fingerprint density at radius 3 is 2.42 bits per heavy atom. The molecule has 11 nitrogen and oxygen atoms in total. The standard InChI is InChI=1S/C27H33N5O6/c1-27(2,30-26(36)37)24(34)28-21(17-38-16-18-8-4-3-5-9-18)23(33)31-14-12-19(13-15-31)32-22-11-7-6-10-20(22)29-25(32)35/h3-11,19,21,30H,12-17H2,1-2H3,(H,28,34)(H,29,35)(H,36,37). The number of aromatic amines is 1. The fraction of sp³-hybridized carbons (Fsp3) is 0.407. The molecule has 1 atom stereocenters. The summed E-state index contributed by atoms with van der Waals surface area (Å²) in [5, 5.41) is 13.9.